The van der Waals surface area contributed by atoms with Crippen molar-refractivity contribution in [1.82, 2.24) is 4.90 Å². The van der Waals surface area contributed by atoms with Gasteiger partial charge in [-0.25, -0.2) is 0 Å². The maximum absolute atomic E-state index is 11.7. The third kappa shape index (κ3) is 3.67. The van der Waals surface area contributed by atoms with Gasteiger partial charge in [0, 0.05) is 19.1 Å². The average molecular weight is 239 g/mol. The second-order valence-corrected chi connectivity index (χ2v) is 4.72. The summed E-state index contributed by atoms with van der Waals surface area (Å²) in [6, 6.07) is 0.300. The minimum absolute atomic E-state index is 0. The summed E-state index contributed by atoms with van der Waals surface area (Å²) in [6.07, 6.45) is 3.87. The molecule has 0 aromatic carbocycles. The van der Waals surface area contributed by atoms with Crippen LogP contribution in [-0.2, 0) is 4.79 Å². The molecule has 0 aromatic heterocycles. The van der Waals surface area contributed by atoms with Crippen LogP contribution in [0.4, 0.5) is 0 Å². The Morgan fingerprint density at radius 3 is 2.43 bits per heavy atom. The van der Waals surface area contributed by atoms with Crippen molar-refractivity contribution in [3.8, 4) is 0 Å². The highest BCUT2D eigenvalue weighted by atomic mass is 35.5. The molecule has 1 atom stereocenters. The Morgan fingerprint density at radius 1 is 1.50 bits per heavy atom. The van der Waals surface area contributed by atoms with Gasteiger partial charge in [0.1, 0.15) is 0 Å². The lowest BCUT2D eigenvalue weighted by atomic mass is 10.1. The van der Waals surface area contributed by atoms with Gasteiger partial charge in [-0.1, -0.05) is 0 Å². The van der Waals surface area contributed by atoms with Crippen molar-refractivity contribution in [2.75, 3.05) is 19.3 Å². The Balaban J connectivity index is 0.00000169. The maximum atomic E-state index is 11.7. The molecule has 1 fully saturated rings. The topological polar surface area (TPSA) is 46.3 Å². The first-order valence-corrected chi connectivity index (χ1v) is 6.01. The van der Waals surface area contributed by atoms with Crippen LogP contribution in [0, 0.1) is 0 Å². The first kappa shape index (κ1) is 14.1. The minimum Gasteiger partial charge on any atom is -0.342 e. The quantitative estimate of drug-likeness (QED) is 0.784. The average Bonchev–Trinajstić information content (AvgIpc) is 2.17. The predicted molar refractivity (Wildman–Crippen MR) is 64.0 cm³/mol. The fourth-order valence-corrected chi connectivity index (χ4v) is 1.83. The highest BCUT2D eigenvalue weighted by Gasteiger charge is 2.23. The number of carbonyl (C=O) groups is 1. The molecule has 1 unspecified atom stereocenters. The van der Waals surface area contributed by atoms with Crippen LogP contribution in [0.3, 0.4) is 0 Å². The highest BCUT2D eigenvalue weighted by molar-refractivity contribution is 7.99. The van der Waals surface area contributed by atoms with Crippen LogP contribution in [0.25, 0.3) is 0 Å². The third-order valence-electron chi connectivity index (χ3n) is 2.55. The van der Waals surface area contributed by atoms with E-state index in [1.807, 2.05) is 18.1 Å². The summed E-state index contributed by atoms with van der Waals surface area (Å²) in [6.45, 7) is 3.64. The van der Waals surface area contributed by atoms with Crippen LogP contribution < -0.4 is 5.73 Å². The van der Waals surface area contributed by atoms with Crippen LogP contribution in [-0.4, -0.2) is 41.4 Å². The smallest absolute Gasteiger partial charge is 0.235 e. The van der Waals surface area contributed by atoms with Crippen LogP contribution in [0.5, 0.6) is 0 Å². The number of hydrogen-bond acceptors (Lipinski definition) is 3. The first-order valence-electron chi connectivity index (χ1n) is 4.72. The zero-order valence-corrected chi connectivity index (χ0v) is 10.4. The van der Waals surface area contributed by atoms with E-state index >= 15 is 0 Å². The lowest BCUT2D eigenvalue weighted by molar-refractivity contribution is -0.131. The van der Waals surface area contributed by atoms with Crippen molar-refractivity contribution in [1.29, 1.82) is 0 Å². The number of hydrogen-bond donors (Lipinski definition) is 1. The number of amides is 1. The molecule has 3 nitrogen and oxygen atoms in total. The van der Waals surface area contributed by atoms with Crippen molar-refractivity contribution in [2.24, 2.45) is 5.73 Å². The van der Waals surface area contributed by atoms with Crippen LogP contribution in [0.15, 0.2) is 0 Å². The van der Waals surface area contributed by atoms with Gasteiger partial charge in [0.05, 0.1) is 5.25 Å². The van der Waals surface area contributed by atoms with Gasteiger partial charge in [-0.15, -0.1) is 12.4 Å². The van der Waals surface area contributed by atoms with E-state index in [1.54, 1.807) is 11.8 Å². The molecule has 1 amide bonds. The largest absolute Gasteiger partial charge is 0.342 e. The summed E-state index contributed by atoms with van der Waals surface area (Å²) < 4.78 is 0. The van der Waals surface area contributed by atoms with E-state index in [2.05, 4.69) is 0 Å². The second kappa shape index (κ2) is 6.53. The molecule has 0 aliphatic carbocycles. The lowest BCUT2D eigenvalue weighted by Gasteiger charge is -2.31. The van der Waals surface area contributed by atoms with Gasteiger partial charge in [0.2, 0.25) is 5.91 Å². The van der Waals surface area contributed by atoms with E-state index in [-0.39, 0.29) is 23.6 Å². The number of likely N-dealkylation sites (tertiary alicyclic amines) is 1. The Kier molecular flexibility index (Phi) is 6.57. The van der Waals surface area contributed by atoms with E-state index in [0.29, 0.717) is 6.04 Å². The van der Waals surface area contributed by atoms with Crippen LogP contribution in [0.2, 0.25) is 0 Å². The number of carbonyl (C=O) groups excluding carboxylic acids is 1. The van der Waals surface area contributed by atoms with Gasteiger partial charge in [0.15, 0.2) is 0 Å². The molecule has 0 spiro atoms. The molecule has 0 aromatic rings. The highest BCUT2D eigenvalue weighted by Crippen LogP contribution is 2.14. The van der Waals surface area contributed by atoms with Gasteiger partial charge >= 0.3 is 0 Å². The molecule has 2 N–H and O–H groups in total. The molecule has 5 heteroatoms. The SMILES string of the molecule is CSC(C)C(=O)N1CCC(N)CC1.Cl. The molecular formula is C9H19ClN2OS. The number of piperidine rings is 1. The Morgan fingerprint density at radius 2 is 2.00 bits per heavy atom. The Bertz CT molecular complexity index is 184. The zero-order chi connectivity index (χ0) is 9.84. The standard InChI is InChI=1S/C9H18N2OS.ClH/c1-7(13-2)9(12)11-5-3-8(10)4-6-11;/h7-8H,3-6,10H2,1-2H3;1H. The number of nitrogens with zero attached hydrogens (tertiary/aromatic N) is 1. The monoisotopic (exact) mass is 238 g/mol. The molecule has 1 heterocycles. The van der Waals surface area contributed by atoms with E-state index in [9.17, 15) is 4.79 Å². The number of nitrogens with two attached hydrogens (primary N) is 1. The number of rotatable bonds is 2. The molecule has 0 radical (unpaired) electrons. The van der Waals surface area contributed by atoms with E-state index in [4.69, 9.17) is 5.73 Å². The number of halogens is 1. The zero-order valence-electron chi connectivity index (χ0n) is 8.73. The Labute approximate surface area is 96.2 Å². The van der Waals surface area contributed by atoms with Crippen molar-refractivity contribution >= 4 is 30.1 Å². The maximum Gasteiger partial charge on any atom is 0.235 e. The fraction of sp³-hybridized carbons (Fsp3) is 0.889. The van der Waals surface area contributed by atoms with Gasteiger partial charge < -0.3 is 10.6 Å². The summed E-state index contributed by atoms with van der Waals surface area (Å²) in [7, 11) is 0. The van der Waals surface area contributed by atoms with E-state index in [0.717, 1.165) is 25.9 Å². The molecule has 14 heavy (non-hydrogen) atoms. The van der Waals surface area contributed by atoms with E-state index in [1.165, 1.54) is 0 Å². The minimum atomic E-state index is 0. The molecule has 0 bridgehead atoms. The lowest BCUT2D eigenvalue weighted by Crippen LogP contribution is -2.45. The molecular weight excluding hydrogens is 220 g/mol. The van der Waals surface area contributed by atoms with Crippen molar-refractivity contribution in [3.63, 3.8) is 0 Å². The molecule has 1 saturated heterocycles. The van der Waals surface area contributed by atoms with Crippen LogP contribution in [0.1, 0.15) is 19.8 Å². The molecule has 84 valence electrons. The normalized spacial score (nSPS) is 20.1. The Hall–Kier alpha value is 0.0700. The summed E-state index contributed by atoms with van der Waals surface area (Å²) in [5.74, 6) is 0.263. The van der Waals surface area contributed by atoms with Gasteiger partial charge in [-0.3, -0.25) is 4.79 Å². The van der Waals surface area contributed by atoms with Gasteiger partial charge in [-0.05, 0) is 26.0 Å². The van der Waals surface area contributed by atoms with Gasteiger partial charge in [0.25, 0.3) is 0 Å². The molecule has 0 saturated carbocycles. The number of thioether (sulfide) groups is 1. The predicted octanol–water partition coefficient (Wildman–Crippen LogP) is 1.11. The summed E-state index contributed by atoms with van der Waals surface area (Å²) in [4.78, 5) is 13.6. The van der Waals surface area contributed by atoms with Crippen molar-refractivity contribution in [2.45, 2.75) is 31.1 Å². The molecule has 1 rings (SSSR count). The molecule has 1 aliphatic rings. The van der Waals surface area contributed by atoms with Crippen molar-refractivity contribution in [3.05, 3.63) is 0 Å². The van der Waals surface area contributed by atoms with Gasteiger partial charge in [-0.2, -0.15) is 11.8 Å². The summed E-state index contributed by atoms with van der Waals surface area (Å²) in [5.41, 5.74) is 5.76. The third-order valence-corrected chi connectivity index (χ3v) is 3.46. The van der Waals surface area contributed by atoms with E-state index < -0.39 is 0 Å². The second-order valence-electron chi connectivity index (χ2n) is 3.54. The summed E-state index contributed by atoms with van der Waals surface area (Å²) >= 11 is 1.60. The van der Waals surface area contributed by atoms with Crippen molar-refractivity contribution < 1.29 is 4.79 Å². The summed E-state index contributed by atoms with van der Waals surface area (Å²) in [5, 5.41) is 0.0920. The first-order chi connectivity index (χ1) is 6.15. The molecule has 1 aliphatic heterocycles. The van der Waals surface area contributed by atoms with Crippen LogP contribution >= 0.6 is 24.2 Å². The fourth-order valence-electron chi connectivity index (χ4n) is 1.48.